The number of nitrogens with zero attached hydrogens (tertiary/aromatic N) is 1. The first-order chi connectivity index (χ1) is 15.9. The van der Waals surface area contributed by atoms with Gasteiger partial charge < -0.3 is 15.0 Å². The van der Waals surface area contributed by atoms with Crippen LogP contribution in [-0.4, -0.2) is 25.0 Å². The topological polar surface area (TPSA) is 58.6 Å². The average Bonchev–Trinajstić information content (AvgIpc) is 2.84. The summed E-state index contributed by atoms with van der Waals surface area (Å²) in [6, 6.07) is 22.4. The fraction of sp³-hybridized carbons (Fsp3) is 0.259. The number of hydrogen-bond donors (Lipinski definition) is 1. The molecule has 1 atom stereocenters. The van der Waals surface area contributed by atoms with Crippen molar-refractivity contribution in [2.75, 3.05) is 23.4 Å². The number of hydrogen-bond acceptors (Lipinski definition) is 3. The Kier molecular flexibility index (Phi) is 8.66. The van der Waals surface area contributed by atoms with Crippen LogP contribution in [0.25, 0.3) is 0 Å². The highest BCUT2D eigenvalue weighted by molar-refractivity contribution is 9.10. The molecule has 0 aliphatic heterocycles. The number of rotatable bonds is 9. The van der Waals surface area contributed by atoms with Crippen molar-refractivity contribution in [2.24, 2.45) is 0 Å². The summed E-state index contributed by atoms with van der Waals surface area (Å²) in [5, 5.41) is 2.82. The highest BCUT2D eigenvalue weighted by Crippen LogP contribution is 2.30. The second kappa shape index (κ2) is 11.7. The molecule has 0 saturated heterocycles. The minimum Gasteiger partial charge on any atom is -0.483 e. The van der Waals surface area contributed by atoms with E-state index >= 15 is 0 Å². The van der Waals surface area contributed by atoms with Gasteiger partial charge in [0.15, 0.2) is 6.61 Å². The lowest BCUT2D eigenvalue weighted by Gasteiger charge is -2.22. The van der Waals surface area contributed by atoms with Gasteiger partial charge in [0.05, 0.1) is 15.7 Å². The fourth-order valence-corrected chi connectivity index (χ4v) is 3.99. The van der Waals surface area contributed by atoms with Gasteiger partial charge in [-0.15, -0.1) is 0 Å². The number of nitrogens with one attached hydrogen (secondary N) is 1. The SMILES string of the molecule is CCC(C)c1ccc(OCC(=O)Nc2ccccc2C(=O)N(CC)c2ccccc2)c(Br)c1. The molecule has 0 aromatic heterocycles. The molecule has 3 rings (SSSR count). The average molecular weight is 509 g/mol. The van der Waals surface area contributed by atoms with Crippen LogP contribution in [0.15, 0.2) is 77.3 Å². The summed E-state index contributed by atoms with van der Waals surface area (Å²) < 4.78 is 6.53. The van der Waals surface area contributed by atoms with Crippen LogP contribution in [0.3, 0.4) is 0 Å². The smallest absolute Gasteiger partial charge is 0.262 e. The van der Waals surface area contributed by atoms with Gasteiger partial charge in [-0.1, -0.05) is 50.2 Å². The van der Waals surface area contributed by atoms with E-state index in [2.05, 4.69) is 35.1 Å². The summed E-state index contributed by atoms with van der Waals surface area (Å²) in [6.07, 6.45) is 1.05. The first kappa shape index (κ1) is 24.5. The van der Waals surface area contributed by atoms with Crippen LogP contribution in [0.2, 0.25) is 0 Å². The van der Waals surface area contributed by atoms with E-state index in [1.807, 2.05) is 55.5 Å². The zero-order chi connectivity index (χ0) is 23.8. The molecule has 0 aliphatic carbocycles. The van der Waals surface area contributed by atoms with Crippen molar-refractivity contribution in [1.82, 2.24) is 0 Å². The Morgan fingerprint density at radius 2 is 1.70 bits per heavy atom. The van der Waals surface area contributed by atoms with Gasteiger partial charge in [-0.2, -0.15) is 0 Å². The molecule has 6 heteroatoms. The van der Waals surface area contributed by atoms with Gasteiger partial charge in [0.2, 0.25) is 0 Å². The Morgan fingerprint density at radius 3 is 2.36 bits per heavy atom. The molecule has 2 amide bonds. The summed E-state index contributed by atoms with van der Waals surface area (Å²) in [5.74, 6) is 0.536. The molecule has 0 heterocycles. The normalized spacial score (nSPS) is 11.5. The molecule has 0 radical (unpaired) electrons. The van der Waals surface area contributed by atoms with Crippen molar-refractivity contribution in [1.29, 1.82) is 0 Å². The molecule has 0 spiro atoms. The lowest BCUT2D eigenvalue weighted by Crippen LogP contribution is -2.32. The van der Waals surface area contributed by atoms with Crippen LogP contribution < -0.4 is 15.0 Å². The number of anilines is 2. The highest BCUT2D eigenvalue weighted by atomic mass is 79.9. The first-order valence-corrected chi connectivity index (χ1v) is 11.9. The number of benzene rings is 3. The van der Waals surface area contributed by atoms with Crippen LogP contribution >= 0.6 is 15.9 Å². The Morgan fingerprint density at radius 1 is 1.00 bits per heavy atom. The molecule has 1 unspecified atom stereocenters. The fourth-order valence-electron chi connectivity index (χ4n) is 3.48. The molecule has 0 fully saturated rings. The standard InChI is InChI=1S/C27H29BrN2O3/c1-4-19(3)20-15-16-25(23(28)17-20)33-18-26(31)29-24-14-10-9-13-22(24)27(32)30(5-2)21-11-7-6-8-12-21/h6-17,19H,4-5,18H2,1-3H3,(H,29,31). The maximum absolute atomic E-state index is 13.3. The third-order valence-electron chi connectivity index (χ3n) is 5.56. The number of amides is 2. The van der Waals surface area contributed by atoms with E-state index in [9.17, 15) is 9.59 Å². The second-order valence-corrected chi connectivity index (χ2v) is 8.62. The van der Waals surface area contributed by atoms with Crippen LogP contribution in [0, 0.1) is 0 Å². The van der Waals surface area contributed by atoms with Gasteiger partial charge in [0.1, 0.15) is 5.75 Å². The van der Waals surface area contributed by atoms with E-state index in [1.54, 1.807) is 29.2 Å². The second-order valence-electron chi connectivity index (χ2n) is 7.77. The van der Waals surface area contributed by atoms with Gasteiger partial charge >= 0.3 is 0 Å². The molecular weight excluding hydrogens is 480 g/mol. The zero-order valence-corrected chi connectivity index (χ0v) is 20.8. The summed E-state index contributed by atoms with van der Waals surface area (Å²) in [6.45, 7) is 6.58. The van der Waals surface area contributed by atoms with E-state index in [-0.39, 0.29) is 18.4 Å². The summed E-state index contributed by atoms with van der Waals surface area (Å²) in [7, 11) is 0. The van der Waals surface area contributed by atoms with Crippen molar-refractivity contribution in [3.63, 3.8) is 0 Å². The monoisotopic (exact) mass is 508 g/mol. The van der Waals surface area contributed by atoms with E-state index < -0.39 is 0 Å². The molecule has 0 bridgehead atoms. The first-order valence-electron chi connectivity index (χ1n) is 11.1. The number of carbonyl (C=O) groups excluding carboxylic acids is 2. The molecular formula is C27H29BrN2O3. The van der Waals surface area contributed by atoms with Gasteiger partial charge in [-0.3, -0.25) is 9.59 Å². The Bertz CT molecular complexity index is 1100. The molecule has 3 aromatic rings. The largest absolute Gasteiger partial charge is 0.483 e. The minimum atomic E-state index is -0.337. The minimum absolute atomic E-state index is 0.167. The molecule has 0 saturated carbocycles. The van der Waals surface area contributed by atoms with Crippen LogP contribution in [0.4, 0.5) is 11.4 Å². The van der Waals surface area contributed by atoms with Crippen LogP contribution in [0.5, 0.6) is 5.75 Å². The number of ether oxygens (including phenoxy) is 1. The molecule has 3 aromatic carbocycles. The lowest BCUT2D eigenvalue weighted by molar-refractivity contribution is -0.118. The highest BCUT2D eigenvalue weighted by Gasteiger charge is 2.20. The quantitative estimate of drug-likeness (QED) is 0.352. The third-order valence-corrected chi connectivity index (χ3v) is 6.18. The van der Waals surface area contributed by atoms with Crippen molar-refractivity contribution in [3.8, 4) is 5.75 Å². The van der Waals surface area contributed by atoms with E-state index in [0.29, 0.717) is 29.5 Å². The molecule has 33 heavy (non-hydrogen) atoms. The molecule has 5 nitrogen and oxygen atoms in total. The van der Waals surface area contributed by atoms with Crippen molar-refractivity contribution in [2.45, 2.75) is 33.1 Å². The number of para-hydroxylation sites is 2. The summed E-state index contributed by atoms with van der Waals surface area (Å²) >= 11 is 3.53. The number of carbonyl (C=O) groups is 2. The molecule has 1 N–H and O–H groups in total. The predicted molar refractivity (Wildman–Crippen MR) is 137 cm³/mol. The van der Waals surface area contributed by atoms with Crippen LogP contribution in [0.1, 0.15) is 49.0 Å². The van der Waals surface area contributed by atoms with Crippen molar-refractivity contribution < 1.29 is 14.3 Å². The Labute approximate surface area is 203 Å². The van der Waals surface area contributed by atoms with E-state index in [0.717, 1.165) is 16.6 Å². The van der Waals surface area contributed by atoms with Crippen LogP contribution in [-0.2, 0) is 4.79 Å². The molecule has 0 aliphatic rings. The summed E-state index contributed by atoms with van der Waals surface area (Å²) in [5.41, 5.74) is 2.90. The lowest BCUT2D eigenvalue weighted by atomic mass is 9.99. The Hall–Kier alpha value is -3.12. The van der Waals surface area contributed by atoms with Gasteiger partial charge in [0.25, 0.3) is 11.8 Å². The predicted octanol–water partition coefficient (Wildman–Crippen LogP) is 6.65. The zero-order valence-electron chi connectivity index (χ0n) is 19.2. The van der Waals surface area contributed by atoms with Gasteiger partial charge in [-0.25, -0.2) is 0 Å². The maximum Gasteiger partial charge on any atom is 0.262 e. The van der Waals surface area contributed by atoms with E-state index in [4.69, 9.17) is 4.74 Å². The van der Waals surface area contributed by atoms with Crippen molar-refractivity contribution in [3.05, 3.63) is 88.4 Å². The molecule has 172 valence electrons. The van der Waals surface area contributed by atoms with Gasteiger partial charge in [0, 0.05) is 12.2 Å². The Balaban J connectivity index is 1.69. The summed E-state index contributed by atoms with van der Waals surface area (Å²) in [4.78, 5) is 27.6. The number of halogens is 1. The van der Waals surface area contributed by atoms with E-state index in [1.165, 1.54) is 5.56 Å². The third kappa shape index (κ3) is 6.23. The van der Waals surface area contributed by atoms with Crippen molar-refractivity contribution >= 4 is 39.1 Å². The maximum atomic E-state index is 13.3. The van der Waals surface area contributed by atoms with Gasteiger partial charge in [-0.05, 0) is 77.2 Å².